The maximum absolute atomic E-state index is 13.1. The Balaban J connectivity index is 1.83. The average molecular weight is 431 g/mol. The number of hydrogen-bond acceptors (Lipinski definition) is 5. The Labute approximate surface area is 166 Å². The van der Waals surface area contributed by atoms with Crippen molar-refractivity contribution in [3.8, 4) is 0 Å². The predicted molar refractivity (Wildman–Crippen MR) is 106 cm³/mol. The third-order valence-electron chi connectivity index (χ3n) is 5.12. The number of nitrogens with zero attached hydrogens (tertiary/aromatic N) is 3. The topological polar surface area (TPSA) is 80.0 Å². The van der Waals surface area contributed by atoms with E-state index >= 15 is 0 Å². The van der Waals surface area contributed by atoms with Crippen molar-refractivity contribution < 1.29 is 9.90 Å². The van der Waals surface area contributed by atoms with Crippen molar-refractivity contribution in [1.82, 2.24) is 14.8 Å². The molecule has 1 aliphatic carbocycles. The molecule has 0 amide bonds. The zero-order chi connectivity index (χ0) is 19.2. The maximum atomic E-state index is 13.1. The summed E-state index contributed by atoms with van der Waals surface area (Å²) >= 11 is 3.48. The zero-order valence-electron chi connectivity index (χ0n) is 15.5. The largest absolute Gasteiger partial charge is 0.396 e. The van der Waals surface area contributed by atoms with Crippen molar-refractivity contribution in [3.63, 3.8) is 0 Å². The van der Waals surface area contributed by atoms with Gasteiger partial charge in [0.2, 0.25) is 5.95 Å². The van der Waals surface area contributed by atoms with Crippen molar-refractivity contribution in [2.24, 2.45) is 5.41 Å². The van der Waals surface area contributed by atoms with Crippen LogP contribution in [0.5, 0.6) is 0 Å². The second-order valence-electron chi connectivity index (χ2n) is 8.04. The number of Topliss-reactive ketones (excluding diaryl/α,β-unsaturated/α-hetero) is 1. The lowest BCUT2D eigenvalue weighted by Gasteiger charge is -2.38. The van der Waals surface area contributed by atoms with Gasteiger partial charge in [-0.15, -0.1) is 0 Å². The first-order chi connectivity index (χ1) is 12.9. The highest BCUT2D eigenvalue weighted by Crippen LogP contribution is 2.45. The molecule has 0 spiro atoms. The lowest BCUT2D eigenvalue weighted by atomic mass is 9.73. The molecule has 27 heavy (non-hydrogen) atoms. The number of rotatable bonds is 4. The van der Waals surface area contributed by atoms with Crippen LogP contribution in [0.15, 0.2) is 40.0 Å². The van der Waals surface area contributed by atoms with Gasteiger partial charge in [-0.3, -0.25) is 4.79 Å². The summed E-state index contributed by atoms with van der Waals surface area (Å²) in [5.74, 6) is 1.51. The van der Waals surface area contributed by atoms with Gasteiger partial charge in [0.25, 0.3) is 0 Å². The summed E-state index contributed by atoms with van der Waals surface area (Å²) < 4.78 is 2.82. The Bertz CT molecular complexity index is 915. The number of carbonyl (C=O) groups is 1. The standard InChI is InChI=1S/C20H23BrN4O2/c1-20(2)10-14-17(15(27)11-20)18(12-5-7-13(21)8-6-12)25-19(22-14)23-16(24-25)4-3-9-26/h5-8,18,26H,3-4,9-11H2,1-2H3,(H,22,23,24). The number of hydrogen-bond donors (Lipinski definition) is 2. The summed E-state index contributed by atoms with van der Waals surface area (Å²) in [6, 6.07) is 7.74. The number of benzene rings is 1. The van der Waals surface area contributed by atoms with Gasteiger partial charge in [-0.25, -0.2) is 4.68 Å². The average Bonchev–Trinajstić information content (AvgIpc) is 3.00. The van der Waals surface area contributed by atoms with Gasteiger partial charge in [-0.2, -0.15) is 10.1 Å². The van der Waals surface area contributed by atoms with Crippen molar-refractivity contribution in [1.29, 1.82) is 0 Å². The van der Waals surface area contributed by atoms with Crippen LogP contribution in [-0.4, -0.2) is 32.3 Å². The fourth-order valence-corrected chi connectivity index (χ4v) is 4.21. The first-order valence-corrected chi connectivity index (χ1v) is 10.0. The molecule has 142 valence electrons. The second-order valence-corrected chi connectivity index (χ2v) is 8.95. The van der Waals surface area contributed by atoms with E-state index in [2.05, 4.69) is 45.2 Å². The second kappa shape index (κ2) is 6.87. The van der Waals surface area contributed by atoms with Crippen LogP contribution in [0.3, 0.4) is 0 Å². The molecule has 0 bridgehead atoms. The minimum atomic E-state index is -0.275. The number of aliphatic hydroxyl groups is 1. The fourth-order valence-electron chi connectivity index (χ4n) is 3.95. The van der Waals surface area contributed by atoms with Crippen LogP contribution in [0.1, 0.15) is 50.5 Å². The number of fused-ring (bicyclic) bond motifs is 1. The molecule has 0 radical (unpaired) electrons. The number of aromatic nitrogens is 3. The predicted octanol–water partition coefficient (Wildman–Crippen LogP) is 3.62. The molecule has 0 saturated carbocycles. The minimum Gasteiger partial charge on any atom is -0.396 e. The van der Waals surface area contributed by atoms with E-state index in [1.807, 2.05) is 28.9 Å². The molecule has 7 heteroatoms. The molecule has 2 heterocycles. The van der Waals surface area contributed by atoms with E-state index in [9.17, 15) is 4.79 Å². The van der Waals surface area contributed by atoms with E-state index < -0.39 is 0 Å². The Morgan fingerprint density at radius 1 is 1.30 bits per heavy atom. The zero-order valence-corrected chi connectivity index (χ0v) is 17.1. The number of nitrogens with one attached hydrogen (secondary N) is 1. The number of carbonyl (C=O) groups excluding carboxylic acids is 1. The van der Waals surface area contributed by atoms with E-state index in [0.29, 0.717) is 31.0 Å². The molecule has 1 atom stereocenters. The van der Waals surface area contributed by atoms with Gasteiger partial charge < -0.3 is 10.4 Å². The van der Waals surface area contributed by atoms with Crippen LogP contribution in [0.4, 0.5) is 5.95 Å². The molecule has 1 aliphatic heterocycles. The highest BCUT2D eigenvalue weighted by molar-refractivity contribution is 9.10. The highest BCUT2D eigenvalue weighted by Gasteiger charge is 2.41. The van der Waals surface area contributed by atoms with Gasteiger partial charge in [0.15, 0.2) is 11.6 Å². The quantitative estimate of drug-likeness (QED) is 0.773. The molecular weight excluding hydrogens is 408 g/mol. The number of halogens is 1. The summed E-state index contributed by atoms with van der Waals surface area (Å²) in [7, 11) is 0. The van der Waals surface area contributed by atoms with E-state index in [0.717, 1.165) is 27.7 Å². The molecule has 1 aromatic heterocycles. The molecule has 6 nitrogen and oxygen atoms in total. The first-order valence-electron chi connectivity index (χ1n) is 9.23. The Morgan fingerprint density at radius 2 is 2.04 bits per heavy atom. The number of aliphatic hydroxyl groups excluding tert-OH is 1. The molecule has 0 fully saturated rings. The van der Waals surface area contributed by atoms with Crippen molar-refractivity contribution in [3.05, 3.63) is 51.4 Å². The van der Waals surface area contributed by atoms with Crippen LogP contribution in [0, 0.1) is 5.41 Å². The number of ketones is 1. The SMILES string of the molecule is CC1(C)CC(=O)C2=C(C1)Nc1nc(CCCO)nn1C2c1ccc(Br)cc1. The molecule has 2 N–H and O–H groups in total. The van der Waals surface area contributed by atoms with Gasteiger partial charge in [0.1, 0.15) is 6.04 Å². The Hall–Kier alpha value is -1.99. The highest BCUT2D eigenvalue weighted by atomic mass is 79.9. The van der Waals surface area contributed by atoms with Gasteiger partial charge in [0.05, 0.1) is 0 Å². The summed E-state index contributed by atoms with van der Waals surface area (Å²) in [6.07, 6.45) is 2.56. The van der Waals surface area contributed by atoms with Crippen LogP contribution in [-0.2, 0) is 11.2 Å². The van der Waals surface area contributed by atoms with Crippen LogP contribution in [0.25, 0.3) is 0 Å². The Morgan fingerprint density at radius 3 is 2.74 bits per heavy atom. The number of allylic oxidation sites excluding steroid dienone is 2. The summed E-state index contributed by atoms with van der Waals surface area (Å²) in [6.45, 7) is 4.35. The normalized spacial score (nSPS) is 20.9. The lowest BCUT2D eigenvalue weighted by Crippen LogP contribution is -2.36. The maximum Gasteiger partial charge on any atom is 0.226 e. The van der Waals surface area contributed by atoms with E-state index in [4.69, 9.17) is 5.11 Å². The van der Waals surface area contributed by atoms with Gasteiger partial charge >= 0.3 is 0 Å². The van der Waals surface area contributed by atoms with Gasteiger partial charge in [-0.05, 0) is 36.0 Å². The molecule has 1 aromatic carbocycles. The number of anilines is 1. The van der Waals surface area contributed by atoms with Crippen molar-refractivity contribution in [2.75, 3.05) is 11.9 Å². The minimum absolute atomic E-state index is 0.0743. The van der Waals surface area contributed by atoms with E-state index in [1.54, 1.807) is 0 Å². The monoisotopic (exact) mass is 430 g/mol. The van der Waals surface area contributed by atoms with Gasteiger partial charge in [0, 0.05) is 35.2 Å². The molecule has 4 rings (SSSR count). The molecule has 1 unspecified atom stereocenters. The molecular formula is C20H23BrN4O2. The summed E-state index contributed by atoms with van der Waals surface area (Å²) in [5.41, 5.74) is 2.69. The third-order valence-corrected chi connectivity index (χ3v) is 5.65. The van der Waals surface area contributed by atoms with Crippen molar-refractivity contribution in [2.45, 2.75) is 45.6 Å². The van der Waals surface area contributed by atoms with Gasteiger partial charge in [-0.1, -0.05) is 41.9 Å². The molecule has 2 aliphatic rings. The molecule has 2 aromatic rings. The number of aryl methyl sites for hydroxylation is 1. The third kappa shape index (κ3) is 3.46. The Kier molecular flexibility index (Phi) is 4.68. The summed E-state index contributed by atoms with van der Waals surface area (Å²) in [5, 5.41) is 17.1. The van der Waals surface area contributed by atoms with E-state index in [-0.39, 0.29) is 23.8 Å². The van der Waals surface area contributed by atoms with Crippen molar-refractivity contribution >= 4 is 27.7 Å². The van der Waals surface area contributed by atoms with Crippen LogP contribution in [0.2, 0.25) is 0 Å². The molecule has 0 saturated heterocycles. The van der Waals surface area contributed by atoms with Crippen LogP contribution < -0.4 is 5.32 Å². The first kappa shape index (κ1) is 18.4. The van der Waals surface area contributed by atoms with Crippen LogP contribution >= 0.6 is 15.9 Å². The van der Waals surface area contributed by atoms with E-state index in [1.165, 1.54) is 0 Å². The smallest absolute Gasteiger partial charge is 0.226 e. The fraction of sp³-hybridized carbons (Fsp3) is 0.450. The summed E-state index contributed by atoms with van der Waals surface area (Å²) in [4.78, 5) is 17.7. The lowest BCUT2D eigenvalue weighted by molar-refractivity contribution is -0.118.